The molecular formula is C29H38N8O4. The smallest absolute Gasteiger partial charge is 0.245 e. The van der Waals surface area contributed by atoms with Gasteiger partial charge in [0, 0.05) is 25.2 Å². The number of imidazole rings is 1. The van der Waals surface area contributed by atoms with Crippen LogP contribution in [0.15, 0.2) is 36.8 Å². The zero-order valence-corrected chi connectivity index (χ0v) is 23.9. The van der Waals surface area contributed by atoms with Crippen LogP contribution in [0.25, 0.3) is 11.2 Å². The first-order chi connectivity index (χ1) is 20.1. The molecular weight excluding hydrogens is 524 g/mol. The fourth-order valence-electron chi connectivity index (χ4n) is 5.87. The summed E-state index contributed by atoms with van der Waals surface area (Å²) in [6.45, 7) is 3.94. The first kappa shape index (κ1) is 27.2. The van der Waals surface area contributed by atoms with Crippen LogP contribution >= 0.6 is 0 Å². The number of fused-ring (bicyclic) bond motifs is 1. The highest BCUT2D eigenvalue weighted by Gasteiger charge is 2.28. The molecule has 0 saturated carbocycles. The third kappa shape index (κ3) is 5.36. The lowest BCUT2D eigenvalue weighted by Crippen LogP contribution is -2.34. The minimum absolute atomic E-state index is 0.0145. The summed E-state index contributed by atoms with van der Waals surface area (Å²) in [5, 5.41) is 18.4. The molecule has 0 aliphatic carbocycles. The quantitative estimate of drug-likeness (QED) is 0.297. The van der Waals surface area contributed by atoms with Crippen molar-refractivity contribution in [2.75, 3.05) is 57.8 Å². The summed E-state index contributed by atoms with van der Waals surface area (Å²) >= 11 is 0. The molecule has 1 aromatic carbocycles. The molecule has 2 saturated heterocycles. The van der Waals surface area contributed by atoms with Crippen molar-refractivity contribution in [1.29, 1.82) is 0 Å². The number of hydrogen-bond acceptors (Lipinski definition) is 10. The fraction of sp³-hybridized carbons (Fsp3) is 0.483. The van der Waals surface area contributed by atoms with Crippen molar-refractivity contribution in [2.45, 2.75) is 44.7 Å². The summed E-state index contributed by atoms with van der Waals surface area (Å²) < 4.78 is 20.4. The van der Waals surface area contributed by atoms with Crippen LogP contribution in [-0.4, -0.2) is 87.8 Å². The Bertz CT molecular complexity index is 1470. The van der Waals surface area contributed by atoms with Crippen molar-refractivity contribution in [3.05, 3.63) is 42.5 Å². The third-order valence-corrected chi connectivity index (χ3v) is 8.03. The Morgan fingerprint density at radius 3 is 2.46 bits per heavy atom. The van der Waals surface area contributed by atoms with E-state index >= 15 is 0 Å². The number of aliphatic hydroxyl groups is 1. The van der Waals surface area contributed by atoms with Gasteiger partial charge in [-0.25, -0.2) is 9.50 Å². The molecule has 4 aromatic rings. The van der Waals surface area contributed by atoms with E-state index in [2.05, 4.69) is 32.2 Å². The molecule has 2 fully saturated rings. The van der Waals surface area contributed by atoms with Crippen LogP contribution in [-0.2, 0) is 6.54 Å². The second kappa shape index (κ2) is 11.8. The summed E-state index contributed by atoms with van der Waals surface area (Å²) in [7, 11) is 4.78. The Morgan fingerprint density at radius 2 is 1.76 bits per heavy atom. The Labute approximate surface area is 239 Å². The zero-order valence-electron chi connectivity index (χ0n) is 23.9. The first-order valence-electron chi connectivity index (χ1n) is 14.2. The number of aromatic nitrogens is 5. The lowest BCUT2D eigenvalue weighted by Gasteiger charge is -2.26. The molecule has 1 unspecified atom stereocenters. The maximum atomic E-state index is 10.0. The molecule has 0 radical (unpaired) electrons. The number of benzene rings is 1. The highest BCUT2D eigenvalue weighted by atomic mass is 16.5. The SMILES string of the molecule is COc1cc(-n2cnc(Nc3nc(N4CCCC4CO)nn4c(CN5CCCCC5)ccc34)c2)cc(OC)c1OC. The number of aliphatic hydroxyl groups excluding tert-OH is 1. The predicted molar refractivity (Wildman–Crippen MR) is 156 cm³/mol. The van der Waals surface area contributed by atoms with E-state index in [4.69, 9.17) is 24.3 Å². The standard InChI is InChI=1S/C29H38N8O4/c1-39-24-14-22(15-25(40-2)27(24)41-3)35-17-26(30-19-35)31-28-23-10-9-20(16-34-11-5-4-6-12-34)37(23)33-29(32-28)36-13-7-8-21(36)18-38/h9-10,14-15,17,19,21,38H,4-8,11-13,16,18H2,1-3H3,(H,31,32,33). The van der Waals surface area contributed by atoms with Crippen LogP contribution in [0.1, 0.15) is 37.8 Å². The molecule has 2 aliphatic rings. The van der Waals surface area contributed by atoms with Crippen LogP contribution in [0.3, 0.4) is 0 Å². The van der Waals surface area contributed by atoms with Gasteiger partial charge in [0.1, 0.15) is 17.7 Å². The van der Waals surface area contributed by atoms with Crippen LogP contribution in [0.2, 0.25) is 0 Å². The van der Waals surface area contributed by atoms with Crippen molar-refractivity contribution in [2.24, 2.45) is 0 Å². The van der Waals surface area contributed by atoms with Gasteiger partial charge in [-0.1, -0.05) is 6.42 Å². The zero-order chi connectivity index (χ0) is 28.3. The Hall–Kier alpha value is -4.03. The van der Waals surface area contributed by atoms with E-state index in [0.717, 1.165) is 55.9 Å². The summed E-state index contributed by atoms with van der Waals surface area (Å²) in [5.74, 6) is 3.56. The predicted octanol–water partition coefficient (Wildman–Crippen LogP) is 3.63. The monoisotopic (exact) mass is 562 g/mol. The van der Waals surface area contributed by atoms with Gasteiger partial charge < -0.3 is 34.1 Å². The number of nitrogens with one attached hydrogen (secondary N) is 1. The van der Waals surface area contributed by atoms with Crippen molar-refractivity contribution in [3.63, 3.8) is 0 Å². The van der Waals surface area contributed by atoms with Crippen molar-refractivity contribution in [1.82, 2.24) is 29.0 Å². The highest BCUT2D eigenvalue weighted by molar-refractivity contribution is 5.74. The van der Waals surface area contributed by atoms with Crippen molar-refractivity contribution in [3.8, 4) is 22.9 Å². The number of rotatable bonds is 10. The molecule has 12 heteroatoms. The molecule has 0 spiro atoms. The Morgan fingerprint density at radius 1 is 0.976 bits per heavy atom. The average Bonchev–Trinajstić information content (AvgIpc) is 3.77. The molecule has 3 aromatic heterocycles. The number of likely N-dealkylation sites (tertiary alicyclic amines) is 1. The van der Waals surface area contributed by atoms with Gasteiger partial charge in [0.05, 0.1) is 51.6 Å². The number of ether oxygens (including phenoxy) is 3. The van der Waals surface area contributed by atoms with E-state index in [-0.39, 0.29) is 12.6 Å². The second-order valence-electron chi connectivity index (χ2n) is 10.6. The molecule has 2 aliphatic heterocycles. The molecule has 6 rings (SSSR count). The summed E-state index contributed by atoms with van der Waals surface area (Å²) in [6, 6.07) is 7.96. The van der Waals surface area contributed by atoms with Gasteiger partial charge >= 0.3 is 0 Å². The number of methoxy groups -OCH3 is 3. The minimum atomic E-state index is 0.0145. The van der Waals surface area contributed by atoms with Crippen molar-refractivity contribution >= 4 is 23.1 Å². The summed E-state index contributed by atoms with van der Waals surface area (Å²) in [6.07, 6.45) is 9.31. The van der Waals surface area contributed by atoms with Crippen LogP contribution in [0.5, 0.6) is 17.2 Å². The van der Waals surface area contributed by atoms with E-state index in [1.165, 1.54) is 19.3 Å². The maximum Gasteiger partial charge on any atom is 0.245 e. The molecule has 5 heterocycles. The van der Waals surface area contributed by atoms with E-state index in [0.29, 0.717) is 34.8 Å². The summed E-state index contributed by atoms with van der Waals surface area (Å²) in [5.41, 5.74) is 2.81. The average molecular weight is 563 g/mol. The Balaban J connectivity index is 1.35. The fourth-order valence-corrected chi connectivity index (χ4v) is 5.87. The van der Waals surface area contributed by atoms with E-state index in [1.807, 2.05) is 27.4 Å². The molecule has 2 N–H and O–H groups in total. The summed E-state index contributed by atoms with van der Waals surface area (Å²) in [4.78, 5) is 14.2. The molecule has 0 amide bonds. The van der Waals surface area contributed by atoms with E-state index < -0.39 is 0 Å². The molecule has 12 nitrogen and oxygen atoms in total. The second-order valence-corrected chi connectivity index (χ2v) is 10.6. The lowest BCUT2D eigenvalue weighted by atomic mass is 10.1. The van der Waals surface area contributed by atoms with Crippen LogP contribution in [0, 0.1) is 0 Å². The maximum absolute atomic E-state index is 10.0. The lowest BCUT2D eigenvalue weighted by molar-refractivity contribution is 0.217. The topological polar surface area (TPSA) is 114 Å². The van der Waals surface area contributed by atoms with Gasteiger partial charge in [-0.2, -0.15) is 4.98 Å². The normalized spacial score (nSPS) is 17.8. The van der Waals surface area contributed by atoms with Gasteiger partial charge in [-0.15, -0.1) is 5.10 Å². The first-order valence-corrected chi connectivity index (χ1v) is 14.2. The molecule has 1 atom stereocenters. The molecule has 218 valence electrons. The number of anilines is 3. The van der Waals surface area contributed by atoms with E-state index in [9.17, 15) is 5.11 Å². The van der Waals surface area contributed by atoms with Gasteiger partial charge in [-0.3, -0.25) is 4.90 Å². The molecule has 41 heavy (non-hydrogen) atoms. The highest BCUT2D eigenvalue weighted by Crippen LogP contribution is 2.39. The number of nitrogens with zero attached hydrogens (tertiary/aromatic N) is 7. The third-order valence-electron chi connectivity index (χ3n) is 8.03. The number of piperidine rings is 1. The largest absolute Gasteiger partial charge is 0.493 e. The van der Waals surface area contributed by atoms with Gasteiger partial charge in [0.2, 0.25) is 11.7 Å². The van der Waals surface area contributed by atoms with Gasteiger partial charge in [0.15, 0.2) is 17.3 Å². The Kier molecular flexibility index (Phi) is 7.84. The molecule has 0 bridgehead atoms. The van der Waals surface area contributed by atoms with E-state index in [1.54, 1.807) is 27.7 Å². The van der Waals surface area contributed by atoms with Gasteiger partial charge in [0.25, 0.3) is 0 Å². The van der Waals surface area contributed by atoms with Crippen molar-refractivity contribution < 1.29 is 19.3 Å². The van der Waals surface area contributed by atoms with Gasteiger partial charge in [-0.05, 0) is 50.9 Å². The number of hydrogen-bond donors (Lipinski definition) is 2. The minimum Gasteiger partial charge on any atom is -0.493 e. The van der Waals surface area contributed by atoms with Crippen LogP contribution in [0.4, 0.5) is 17.6 Å². The van der Waals surface area contributed by atoms with Crippen LogP contribution < -0.4 is 24.4 Å².